The van der Waals surface area contributed by atoms with Gasteiger partial charge in [0.1, 0.15) is 0 Å². The summed E-state index contributed by atoms with van der Waals surface area (Å²) in [6, 6.07) is 23.7. The molecular formula is C26H28N2O2. The van der Waals surface area contributed by atoms with E-state index in [1.165, 1.54) is 5.56 Å². The summed E-state index contributed by atoms with van der Waals surface area (Å²) in [4.78, 5) is 24.6. The molecule has 3 rings (SSSR count). The minimum Gasteiger partial charge on any atom is -0.379 e. The normalized spacial score (nSPS) is 11.6. The maximum Gasteiger partial charge on any atom is 0.224 e. The van der Waals surface area contributed by atoms with Gasteiger partial charge >= 0.3 is 0 Å². The lowest BCUT2D eigenvalue weighted by molar-refractivity contribution is -0.116. The van der Waals surface area contributed by atoms with Gasteiger partial charge in [-0.1, -0.05) is 42.5 Å². The number of carbonyl (C=O) groups is 2. The fraction of sp³-hybridized carbons (Fsp3) is 0.231. The molecule has 0 heterocycles. The monoisotopic (exact) mass is 400 g/mol. The second-order valence-electron chi connectivity index (χ2n) is 7.62. The van der Waals surface area contributed by atoms with Gasteiger partial charge in [-0.2, -0.15) is 0 Å². The van der Waals surface area contributed by atoms with Gasteiger partial charge < -0.3 is 10.6 Å². The molecule has 1 atom stereocenters. The lowest BCUT2D eigenvalue weighted by Gasteiger charge is -2.16. The standard InChI is InChI=1S/C26H28N2O2/c1-18-9-10-22(17-19(18)2)25(29)15-16-26(30)28-24-13-11-23(12-14-24)27-20(3)21-7-5-4-6-8-21/h4-14,17,20,27H,15-16H2,1-3H3,(H,28,30)/t20-/m1/s1. The van der Waals surface area contributed by atoms with E-state index in [-0.39, 0.29) is 30.6 Å². The number of hydrogen-bond donors (Lipinski definition) is 2. The lowest BCUT2D eigenvalue weighted by atomic mass is 10.0. The quantitative estimate of drug-likeness (QED) is 0.451. The summed E-state index contributed by atoms with van der Waals surface area (Å²) in [6.07, 6.45) is 0.360. The van der Waals surface area contributed by atoms with E-state index in [4.69, 9.17) is 0 Å². The number of rotatable bonds is 8. The van der Waals surface area contributed by atoms with Crippen molar-refractivity contribution in [3.05, 3.63) is 95.1 Å². The summed E-state index contributed by atoms with van der Waals surface area (Å²) < 4.78 is 0. The fourth-order valence-corrected chi connectivity index (χ4v) is 3.23. The maximum absolute atomic E-state index is 12.3. The van der Waals surface area contributed by atoms with Crippen molar-refractivity contribution in [1.82, 2.24) is 0 Å². The largest absolute Gasteiger partial charge is 0.379 e. The summed E-state index contributed by atoms with van der Waals surface area (Å²) in [6.45, 7) is 6.11. The van der Waals surface area contributed by atoms with Crippen LogP contribution >= 0.6 is 0 Å². The molecule has 0 aromatic heterocycles. The third-order valence-electron chi connectivity index (χ3n) is 5.26. The Morgan fingerprint density at radius 1 is 0.800 bits per heavy atom. The van der Waals surface area contributed by atoms with Gasteiger partial charge in [-0.3, -0.25) is 9.59 Å². The summed E-state index contributed by atoms with van der Waals surface area (Å²) in [5.74, 6) is -0.173. The van der Waals surface area contributed by atoms with Crippen molar-refractivity contribution in [1.29, 1.82) is 0 Å². The molecule has 0 radical (unpaired) electrons. The van der Waals surface area contributed by atoms with Gasteiger partial charge in [-0.05, 0) is 67.8 Å². The molecule has 0 fully saturated rings. The molecule has 3 aromatic rings. The summed E-state index contributed by atoms with van der Waals surface area (Å²) >= 11 is 0. The van der Waals surface area contributed by atoms with Crippen LogP contribution in [-0.2, 0) is 4.79 Å². The highest BCUT2D eigenvalue weighted by Crippen LogP contribution is 2.21. The molecular weight excluding hydrogens is 372 g/mol. The Labute approximate surface area is 178 Å². The lowest BCUT2D eigenvalue weighted by Crippen LogP contribution is -2.13. The van der Waals surface area contributed by atoms with Gasteiger partial charge in [0.05, 0.1) is 0 Å². The molecule has 0 aliphatic heterocycles. The number of nitrogens with one attached hydrogen (secondary N) is 2. The van der Waals surface area contributed by atoms with Crippen molar-refractivity contribution >= 4 is 23.1 Å². The second-order valence-corrected chi connectivity index (χ2v) is 7.62. The minimum absolute atomic E-state index is 0.0114. The zero-order valence-corrected chi connectivity index (χ0v) is 17.7. The molecule has 0 unspecified atom stereocenters. The van der Waals surface area contributed by atoms with Gasteiger partial charge in [0.25, 0.3) is 0 Å². The van der Waals surface area contributed by atoms with E-state index in [0.717, 1.165) is 22.5 Å². The zero-order chi connectivity index (χ0) is 21.5. The van der Waals surface area contributed by atoms with Gasteiger partial charge in [-0.15, -0.1) is 0 Å². The summed E-state index contributed by atoms with van der Waals surface area (Å²) in [5, 5.41) is 6.31. The molecule has 2 N–H and O–H groups in total. The predicted octanol–water partition coefficient (Wildman–Crippen LogP) is 6.08. The number of aryl methyl sites for hydroxylation is 2. The van der Waals surface area contributed by atoms with Crippen LogP contribution in [0.1, 0.15) is 52.9 Å². The average Bonchev–Trinajstić information content (AvgIpc) is 2.76. The third kappa shape index (κ3) is 5.80. The zero-order valence-electron chi connectivity index (χ0n) is 17.7. The summed E-state index contributed by atoms with van der Waals surface area (Å²) in [5.41, 5.74) is 5.81. The van der Waals surface area contributed by atoms with Crippen LogP contribution in [0.2, 0.25) is 0 Å². The average molecular weight is 401 g/mol. The molecule has 0 bridgehead atoms. The van der Waals surface area contributed by atoms with Gasteiger partial charge in [-0.25, -0.2) is 0 Å². The fourth-order valence-electron chi connectivity index (χ4n) is 3.23. The minimum atomic E-state index is -0.162. The van der Waals surface area contributed by atoms with E-state index in [1.807, 2.05) is 74.5 Å². The number of anilines is 2. The van der Waals surface area contributed by atoms with Crippen LogP contribution in [0.4, 0.5) is 11.4 Å². The molecule has 0 saturated heterocycles. The first-order valence-corrected chi connectivity index (χ1v) is 10.2. The van der Waals surface area contributed by atoms with Crippen molar-refractivity contribution in [2.24, 2.45) is 0 Å². The van der Waals surface area contributed by atoms with Gasteiger partial charge in [0, 0.05) is 35.8 Å². The van der Waals surface area contributed by atoms with E-state index >= 15 is 0 Å². The second kappa shape index (κ2) is 9.88. The van der Waals surface area contributed by atoms with Crippen molar-refractivity contribution in [2.45, 2.75) is 39.7 Å². The van der Waals surface area contributed by atoms with Crippen molar-refractivity contribution in [3.63, 3.8) is 0 Å². The first-order chi connectivity index (χ1) is 14.4. The molecule has 4 nitrogen and oxygen atoms in total. The Hall–Kier alpha value is -3.40. The van der Waals surface area contributed by atoms with Crippen molar-refractivity contribution in [2.75, 3.05) is 10.6 Å². The van der Waals surface area contributed by atoms with Crippen LogP contribution < -0.4 is 10.6 Å². The smallest absolute Gasteiger partial charge is 0.224 e. The van der Waals surface area contributed by atoms with E-state index in [1.54, 1.807) is 0 Å². The van der Waals surface area contributed by atoms with Crippen LogP contribution in [0.25, 0.3) is 0 Å². The Morgan fingerprint density at radius 2 is 1.47 bits per heavy atom. The Morgan fingerprint density at radius 3 is 2.13 bits per heavy atom. The third-order valence-corrected chi connectivity index (χ3v) is 5.26. The first-order valence-electron chi connectivity index (χ1n) is 10.2. The van der Waals surface area contributed by atoms with E-state index in [0.29, 0.717) is 5.56 Å². The van der Waals surface area contributed by atoms with Gasteiger partial charge in [0.2, 0.25) is 5.91 Å². The molecule has 0 aliphatic carbocycles. The van der Waals surface area contributed by atoms with Crippen LogP contribution in [0.15, 0.2) is 72.8 Å². The Balaban J connectivity index is 1.49. The number of ketones is 1. The van der Waals surface area contributed by atoms with Crippen molar-refractivity contribution < 1.29 is 9.59 Å². The van der Waals surface area contributed by atoms with Crippen LogP contribution in [0.3, 0.4) is 0 Å². The number of amides is 1. The Kier molecular flexibility index (Phi) is 7.02. The predicted molar refractivity (Wildman–Crippen MR) is 123 cm³/mol. The topological polar surface area (TPSA) is 58.2 Å². The van der Waals surface area contributed by atoms with E-state index in [9.17, 15) is 9.59 Å². The molecule has 0 saturated carbocycles. The van der Waals surface area contributed by atoms with Crippen LogP contribution in [-0.4, -0.2) is 11.7 Å². The van der Waals surface area contributed by atoms with Crippen LogP contribution in [0.5, 0.6) is 0 Å². The van der Waals surface area contributed by atoms with Gasteiger partial charge in [0.15, 0.2) is 5.78 Å². The Bertz CT molecular complexity index is 1010. The first kappa shape index (κ1) is 21.3. The molecule has 154 valence electrons. The highest BCUT2D eigenvalue weighted by atomic mass is 16.2. The SMILES string of the molecule is Cc1ccc(C(=O)CCC(=O)Nc2ccc(N[C@H](C)c3ccccc3)cc2)cc1C. The number of Topliss-reactive ketones (excluding diaryl/α,β-unsaturated/α-hetero) is 1. The highest BCUT2D eigenvalue weighted by molar-refractivity contribution is 6.00. The van der Waals surface area contributed by atoms with E-state index < -0.39 is 0 Å². The number of carbonyl (C=O) groups excluding carboxylic acids is 2. The molecule has 0 spiro atoms. The maximum atomic E-state index is 12.3. The molecule has 4 heteroatoms. The number of hydrogen-bond acceptors (Lipinski definition) is 3. The molecule has 3 aromatic carbocycles. The number of benzene rings is 3. The van der Waals surface area contributed by atoms with Crippen molar-refractivity contribution in [3.8, 4) is 0 Å². The molecule has 30 heavy (non-hydrogen) atoms. The summed E-state index contributed by atoms with van der Waals surface area (Å²) in [7, 11) is 0. The van der Waals surface area contributed by atoms with E-state index in [2.05, 4.69) is 29.7 Å². The highest BCUT2D eigenvalue weighted by Gasteiger charge is 2.11. The molecule has 0 aliphatic rings. The molecule has 1 amide bonds. The van der Waals surface area contributed by atoms with Crippen LogP contribution in [0, 0.1) is 13.8 Å².